The summed E-state index contributed by atoms with van der Waals surface area (Å²) in [6.07, 6.45) is 0.608. The second kappa shape index (κ2) is 5.87. The second-order valence-electron chi connectivity index (χ2n) is 5.26. The molecule has 21 heavy (non-hydrogen) atoms. The van der Waals surface area contributed by atoms with E-state index in [2.05, 4.69) is 5.32 Å². The minimum absolute atomic E-state index is 0.0635. The molecule has 1 atom stereocenters. The van der Waals surface area contributed by atoms with Crippen molar-refractivity contribution in [2.24, 2.45) is 0 Å². The quantitative estimate of drug-likeness (QED) is 0.940. The normalized spacial score (nSPS) is 20.7. The molecule has 1 aromatic carbocycles. The van der Waals surface area contributed by atoms with Crippen LogP contribution < -0.4 is 5.32 Å². The Morgan fingerprint density at radius 3 is 2.81 bits per heavy atom. The minimum Gasteiger partial charge on any atom is -0.309 e. The molecule has 1 aliphatic rings. The Morgan fingerprint density at radius 1 is 1.33 bits per heavy atom. The topological polar surface area (TPSA) is 46.2 Å². The Balaban J connectivity index is 1.67. The number of thiophene rings is 1. The Morgan fingerprint density at radius 2 is 2.19 bits per heavy atom. The fourth-order valence-electron chi connectivity index (χ4n) is 2.50. The zero-order valence-corrected chi connectivity index (χ0v) is 13.0. The first-order chi connectivity index (χ1) is 10.0. The van der Waals surface area contributed by atoms with Crippen molar-refractivity contribution in [3.63, 3.8) is 0 Å². The molecule has 3 nitrogen and oxygen atoms in total. The lowest BCUT2D eigenvalue weighted by molar-refractivity contribution is 0.532. The molecule has 0 amide bonds. The smallest absolute Gasteiger partial charge is 0.151 e. The van der Waals surface area contributed by atoms with Gasteiger partial charge in [-0.3, -0.25) is 0 Å². The highest BCUT2D eigenvalue weighted by molar-refractivity contribution is 7.91. The molecule has 0 unspecified atom stereocenters. The number of nitrogens with one attached hydrogen (secondary N) is 1. The molecule has 3 rings (SSSR count). The highest BCUT2D eigenvalue weighted by Crippen LogP contribution is 2.26. The Kier molecular flexibility index (Phi) is 4.10. The highest BCUT2D eigenvalue weighted by atomic mass is 32.2. The Hall–Kier alpha value is -1.24. The lowest BCUT2D eigenvalue weighted by Crippen LogP contribution is -2.29. The minimum atomic E-state index is -2.90. The van der Waals surface area contributed by atoms with E-state index in [0.717, 1.165) is 10.4 Å². The van der Waals surface area contributed by atoms with E-state index in [1.165, 1.54) is 6.07 Å². The first-order valence-corrected chi connectivity index (χ1v) is 9.50. The van der Waals surface area contributed by atoms with E-state index in [4.69, 9.17) is 0 Å². The van der Waals surface area contributed by atoms with Crippen LogP contribution in [0, 0.1) is 5.82 Å². The third-order valence-corrected chi connectivity index (χ3v) is 6.36. The summed E-state index contributed by atoms with van der Waals surface area (Å²) in [6.45, 7) is 0.358. The zero-order chi connectivity index (χ0) is 14.9. The summed E-state index contributed by atoms with van der Waals surface area (Å²) in [5.74, 6) is 0.126. The van der Waals surface area contributed by atoms with Crippen LogP contribution in [-0.4, -0.2) is 26.0 Å². The maximum atomic E-state index is 14.1. The Labute approximate surface area is 127 Å². The summed E-state index contributed by atoms with van der Waals surface area (Å²) in [7, 11) is -2.90. The maximum absolute atomic E-state index is 14.1. The molecule has 1 fully saturated rings. The summed E-state index contributed by atoms with van der Waals surface area (Å²) in [6, 6.07) is 9.03. The first kappa shape index (κ1) is 14.7. The van der Waals surface area contributed by atoms with Crippen LogP contribution >= 0.6 is 11.3 Å². The fraction of sp³-hybridized carbons (Fsp3) is 0.333. The lowest BCUT2D eigenvalue weighted by atomic mass is 10.1. The van der Waals surface area contributed by atoms with Crippen molar-refractivity contribution in [1.82, 2.24) is 5.32 Å². The van der Waals surface area contributed by atoms with Gasteiger partial charge in [-0.25, -0.2) is 12.8 Å². The molecule has 2 aromatic rings. The molecule has 2 heterocycles. The largest absolute Gasteiger partial charge is 0.309 e. The summed E-state index contributed by atoms with van der Waals surface area (Å²) in [5, 5.41) is 5.09. The summed E-state index contributed by atoms with van der Waals surface area (Å²) in [5.41, 5.74) is 1.44. The third kappa shape index (κ3) is 3.51. The van der Waals surface area contributed by atoms with Gasteiger partial charge in [0.15, 0.2) is 9.84 Å². The van der Waals surface area contributed by atoms with Gasteiger partial charge in [-0.05, 0) is 29.5 Å². The van der Waals surface area contributed by atoms with Gasteiger partial charge < -0.3 is 5.32 Å². The first-order valence-electron chi connectivity index (χ1n) is 6.80. The van der Waals surface area contributed by atoms with Gasteiger partial charge >= 0.3 is 0 Å². The van der Waals surface area contributed by atoms with Crippen LogP contribution in [0.2, 0.25) is 0 Å². The van der Waals surface area contributed by atoms with E-state index >= 15 is 0 Å². The van der Waals surface area contributed by atoms with Crippen LogP contribution in [0.4, 0.5) is 4.39 Å². The van der Waals surface area contributed by atoms with Crippen LogP contribution in [0.5, 0.6) is 0 Å². The van der Waals surface area contributed by atoms with Gasteiger partial charge in [0.1, 0.15) is 5.82 Å². The fourth-order valence-corrected chi connectivity index (χ4v) is 4.93. The summed E-state index contributed by atoms with van der Waals surface area (Å²) >= 11 is 1.58. The van der Waals surface area contributed by atoms with Crippen LogP contribution in [0.25, 0.3) is 10.4 Å². The predicted octanol–water partition coefficient (Wildman–Crippen LogP) is 2.83. The molecule has 1 N–H and O–H groups in total. The van der Waals surface area contributed by atoms with E-state index < -0.39 is 9.84 Å². The van der Waals surface area contributed by atoms with E-state index in [0.29, 0.717) is 18.5 Å². The monoisotopic (exact) mass is 325 g/mol. The van der Waals surface area contributed by atoms with Gasteiger partial charge in [0.25, 0.3) is 0 Å². The molecule has 1 saturated heterocycles. The molecule has 0 saturated carbocycles. The number of rotatable bonds is 4. The van der Waals surface area contributed by atoms with E-state index in [-0.39, 0.29) is 23.4 Å². The SMILES string of the molecule is O=S1(=O)CC[C@@H](NCc2ccc(-c3cccs3)cc2F)C1. The van der Waals surface area contributed by atoms with Crippen molar-refractivity contribution < 1.29 is 12.8 Å². The van der Waals surface area contributed by atoms with E-state index in [9.17, 15) is 12.8 Å². The molecule has 1 aromatic heterocycles. The Bertz CT molecular complexity index is 726. The number of hydrogen-bond acceptors (Lipinski definition) is 4. The summed E-state index contributed by atoms with van der Waals surface area (Å²) in [4.78, 5) is 1.04. The van der Waals surface area contributed by atoms with Crippen molar-refractivity contribution in [2.75, 3.05) is 11.5 Å². The molecular formula is C15H16FNO2S2. The molecule has 112 valence electrons. The maximum Gasteiger partial charge on any atom is 0.151 e. The molecule has 0 bridgehead atoms. The molecule has 0 aliphatic carbocycles. The van der Waals surface area contributed by atoms with Crippen molar-refractivity contribution in [2.45, 2.75) is 19.0 Å². The summed E-state index contributed by atoms with van der Waals surface area (Å²) < 4.78 is 36.9. The van der Waals surface area contributed by atoms with Crippen LogP contribution in [0.15, 0.2) is 35.7 Å². The third-order valence-electron chi connectivity index (χ3n) is 3.67. The molecule has 0 spiro atoms. The van der Waals surface area contributed by atoms with Crippen molar-refractivity contribution in [3.8, 4) is 10.4 Å². The number of sulfone groups is 1. The zero-order valence-electron chi connectivity index (χ0n) is 11.4. The van der Waals surface area contributed by atoms with E-state index in [1.54, 1.807) is 17.4 Å². The van der Waals surface area contributed by atoms with E-state index in [1.807, 2.05) is 23.6 Å². The standard InChI is InChI=1S/C15H16FNO2S2/c16-14-8-11(15-2-1-6-20-15)3-4-12(14)9-17-13-5-7-21(18,19)10-13/h1-4,6,8,13,17H,5,7,9-10H2/t13-/m1/s1. The predicted molar refractivity (Wildman–Crippen MR) is 83.6 cm³/mol. The van der Waals surface area contributed by atoms with Gasteiger partial charge in [-0.2, -0.15) is 0 Å². The van der Waals surface area contributed by atoms with Gasteiger partial charge in [0, 0.05) is 23.0 Å². The molecular weight excluding hydrogens is 309 g/mol. The van der Waals surface area contributed by atoms with Crippen LogP contribution in [0.1, 0.15) is 12.0 Å². The van der Waals surface area contributed by atoms with Crippen LogP contribution in [-0.2, 0) is 16.4 Å². The van der Waals surface area contributed by atoms with Gasteiger partial charge in [0.05, 0.1) is 11.5 Å². The molecule has 1 aliphatic heterocycles. The van der Waals surface area contributed by atoms with Crippen molar-refractivity contribution >= 4 is 21.2 Å². The number of benzene rings is 1. The molecule has 0 radical (unpaired) electrons. The average molecular weight is 325 g/mol. The van der Waals surface area contributed by atoms with Crippen molar-refractivity contribution in [3.05, 3.63) is 47.1 Å². The molecule has 6 heteroatoms. The number of hydrogen-bond donors (Lipinski definition) is 1. The van der Waals surface area contributed by atoms with Gasteiger partial charge in [0.2, 0.25) is 0 Å². The van der Waals surface area contributed by atoms with Gasteiger partial charge in [-0.15, -0.1) is 11.3 Å². The van der Waals surface area contributed by atoms with Gasteiger partial charge in [-0.1, -0.05) is 18.2 Å². The van der Waals surface area contributed by atoms with Crippen molar-refractivity contribution in [1.29, 1.82) is 0 Å². The lowest BCUT2D eigenvalue weighted by Gasteiger charge is -2.11. The second-order valence-corrected chi connectivity index (χ2v) is 8.44. The number of halogens is 1. The highest BCUT2D eigenvalue weighted by Gasteiger charge is 2.27. The average Bonchev–Trinajstić information content (AvgIpc) is 3.07. The van der Waals surface area contributed by atoms with Crippen LogP contribution in [0.3, 0.4) is 0 Å².